The van der Waals surface area contributed by atoms with E-state index in [1.165, 1.54) is 25.6 Å². The smallest absolute Gasteiger partial charge is 0.363 e. The van der Waals surface area contributed by atoms with Crippen LogP contribution in [0.15, 0.2) is 40.3 Å². The summed E-state index contributed by atoms with van der Waals surface area (Å²) in [5.41, 5.74) is 0.835. The second-order valence-corrected chi connectivity index (χ2v) is 5.71. The van der Waals surface area contributed by atoms with Gasteiger partial charge in [-0.25, -0.2) is 9.79 Å². The number of methoxy groups -OCH3 is 3. The van der Waals surface area contributed by atoms with E-state index in [0.717, 1.165) is 4.88 Å². The van der Waals surface area contributed by atoms with Crippen molar-refractivity contribution in [2.24, 2.45) is 4.99 Å². The van der Waals surface area contributed by atoms with Crippen molar-refractivity contribution in [1.82, 2.24) is 0 Å². The lowest BCUT2D eigenvalue weighted by Crippen LogP contribution is -2.03. The molecule has 6 nitrogen and oxygen atoms in total. The first-order chi connectivity index (χ1) is 11.7. The van der Waals surface area contributed by atoms with E-state index in [2.05, 4.69) is 4.99 Å². The molecule has 0 fully saturated rings. The van der Waals surface area contributed by atoms with Gasteiger partial charge in [0.15, 0.2) is 17.2 Å². The van der Waals surface area contributed by atoms with Gasteiger partial charge in [-0.1, -0.05) is 6.07 Å². The molecule has 1 aromatic carbocycles. The number of ether oxygens (including phenoxy) is 4. The first-order valence-corrected chi connectivity index (χ1v) is 7.90. The molecule has 1 aromatic heterocycles. The molecule has 0 unspecified atom stereocenters. The fraction of sp³-hybridized carbons (Fsp3) is 0.176. The standard InChI is InChI=1S/C17H15NO5S/c1-20-12-9-14(22-3)13(21-2)8-10(12)7-11-17(19)23-16(18-11)15-5-4-6-24-15/h4-9H,1-3H3. The van der Waals surface area contributed by atoms with E-state index < -0.39 is 5.97 Å². The number of carbonyl (C=O) groups excluding carboxylic acids is 1. The van der Waals surface area contributed by atoms with E-state index >= 15 is 0 Å². The summed E-state index contributed by atoms with van der Waals surface area (Å²) >= 11 is 1.45. The maximum atomic E-state index is 12.1. The van der Waals surface area contributed by atoms with Crippen molar-refractivity contribution in [3.8, 4) is 17.2 Å². The molecule has 24 heavy (non-hydrogen) atoms. The third-order valence-electron chi connectivity index (χ3n) is 3.38. The average molecular weight is 345 g/mol. The Hall–Kier alpha value is -2.80. The fourth-order valence-corrected chi connectivity index (χ4v) is 2.88. The molecule has 0 amide bonds. The highest BCUT2D eigenvalue weighted by Crippen LogP contribution is 2.36. The second kappa shape index (κ2) is 6.76. The van der Waals surface area contributed by atoms with Gasteiger partial charge in [0.1, 0.15) is 5.75 Å². The van der Waals surface area contributed by atoms with Crippen molar-refractivity contribution in [3.63, 3.8) is 0 Å². The molecular formula is C17H15NO5S. The van der Waals surface area contributed by atoms with Crippen LogP contribution in [0, 0.1) is 0 Å². The van der Waals surface area contributed by atoms with Crippen molar-refractivity contribution >= 4 is 29.3 Å². The molecule has 0 aliphatic carbocycles. The Morgan fingerprint density at radius 3 is 2.42 bits per heavy atom. The van der Waals surface area contributed by atoms with Gasteiger partial charge in [-0.3, -0.25) is 0 Å². The summed E-state index contributed by atoms with van der Waals surface area (Å²) < 4.78 is 21.1. The van der Waals surface area contributed by atoms with E-state index in [1.54, 1.807) is 25.3 Å². The number of thiophene rings is 1. The first-order valence-electron chi connectivity index (χ1n) is 7.02. The summed E-state index contributed by atoms with van der Waals surface area (Å²) in [5, 5.41) is 1.89. The molecule has 0 N–H and O–H groups in total. The van der Waals surface area contributed by atoms with Crippen LogP contribution in [0.4, 0.5) is 0 Å². The largest absolute Gasteiger partial charge is 0.496 e. The Bertz CT molecular complexity index is 824. The number of hydrogen-bond acceptors (Lipinski definition) is 7. The normalized spacial score (nSPS) is 15.2. The summed E-state index contributed by atoms with van der Waals surface area (Å²) in [6.07, 6.45) is 1.60. The maximum absolute atomic E-state index is 12.1. The van der Waals surface area contributed by atoms with Crippen molar-refractivity contribution < 1.29 is 23.7 Å². The van der Waals surface area contributed by atoms with Gasteiger partial charge >= 0.3 is 5.97 Å². The van der Waals surface area contributed by atoms with Gasteiger partial charge in [-0.05, 0) is 23.6 Å². The number of hydrogen-bond donors (Lipinski definition) is 0. The third-order valence-corrected chi connectivity index (χ3v) is 4.24. The molecule has 0 bridgehead atoms. The summed E-state index contributed by atoms with van der Waals surface area (Å²) in [4.78, 5) is 17.1. The number of esters is 1. The topological polar surface area (TPSA) is 66.3 Å². The Balaban J connectivity index is 2.03. The van der Waals surface area contributed by atoms with Gasteiger partial charge in [0, 0.05) is 11.6 Å². The minimum Gasteiger partial charge on any atom is -0.496 e. The summed E-state index contributed by atoms with van der Waals surface area (Å²) in [6, 6.07) is 7.12. The van der Waals surface area contributed by atoms with Gasteiger partial charge in [0.2, 0.25) is 5.90 Å². The van der Waals surface area contributed by atoms with E-state index in [9.17, 15) is 4.79 Å². The number of cyclic esters (lactones) is 1. The molecule has 1 aliphatic rings. The Labute approximate surface area is 142 Å². The first kappa shape index (κ1) is 16.1. The monoisotopic (exact) mass is 345 g/mol. The predicted octanol–water partition coefficient (Wildman–Crippen LogP) is 3.12. The molecule has 0 atom stereocenters. The van der Waals surface area contributed by atoms with Gasteiger partial charge in [-0.15, -0.1) is 11.3 Å². The van der Waals surface area contributed by atoms with Crippen LogP contribution in [0.25, 0.3) is 6.08 Å². The fourth-order valence-electron chi connectivity index (χ4n) is 2.23. The number of rotatable bonds is 5. The van der Waals surface area contributed by atoms with Crippen molar-refractivity contribution in [3.05, 3.63) is 45.8 Å². The highest BCUT2D eigenvalue weighted by Gasteiger charge is 2.25. The highest BCUT2D eigenvalue weighted by molar-refractivity contribution is 7.12. The second-order valence-electron chi connectivity index (χ2n) is 4.76. The zero-order valence-corrected chi connectivity index (χ0v) is 14.2. The minimum atomic E-state index is -0.504. The van der Waals surface area contributed by atoms with Crippen molar-refractivity contribution in [2.75, 3.05) is 21.3 Å². The highest BCUT2D eigenvalue weighted by atomic mass is 32.1. The van der Waals surface area contributed by atoms with Crippen molar-refractivity contribution in [2.45, 2.75) is 0 Å². The van der Waals surface area contributed by atoms with E-state index in [0.29, 0.717) is 28.7 Å². The van der Waals surface area contributed by atoms with E-state index in [1.807, 2.05) is 17.5 Å². The molecule has 0 radical (unpaired) electrons. The number of benzene rings is 1. The van der Waals surface area contributed by atoms with Crippen LogP contribution in [0.1, 0.15) is 10.4 Å². The number of aliphatic imine (C=N–C) groups is 1. The third kappa shape index (κ3) is 2.98. The maximum Gasteiger partial charge on any atom is 0.363 e. The van der Waals surface area contributed by atoms with Crippen LogP contribution in [0.3, 0.4) is 0 Å². The van der Waals surface area contributed by atoms with E-state index in [-0.39, 0.29) is 5.70 Å². The molecule has 7 heteroatoms. The van der Waals surface area contributed by atoms with Crippen LogP contribution in [0.5, 0.6) is 17.2 Å². The number of nitrogens with zero attached hydrogens (tertiary/aromatic N) is 1. The molecule has 1 aliphatic heterocycles. The number of carbonyl (C=O) groups is 1. The lowest BCUT2D eigenvalue weighted by Gasteiger charge is -2.12. The minimum absolute atomic E-state index is 0.198. The zero-order valence-electron chi connectivity index (χ0n) is 13.4. The Morgan fingerprint density at radius 2 is 1.79 bits per heavy atom. The van der Waals surface area contributed by atoms with Gasteiger partial charge in [0.25, 0.3) is 0 Å². The zero-order chi connectivity index (χ0) is 17.1. The molecule has 0 spiro atoms. The van der Waals surface area contributed by atoms with Crippen LogP contribution < -0.4 is 14.2 Å². The van der Waals surface area contributed by atoms with Crippen LogP contribution >= 0.6 is 11.3 Å². The van der Waals surface area contributed by atoms with E-state index in [4.69, 9.17) is 18.9 Å². The molecular weight excluding hydrogens is 330 g/mol. The molecule has 2 heterocycles. The molecule has 0 saturated carbocycles. The average Bonchev–Trinajstić information content (AvgIpc) is 3.24. The van der Waals surface area contributed by atoms with Gasteiger partial charge < -0.3 is 18.9 Å². The summed E-state index contributed by atoms with van der Waals surface area (Å²) in [5.74, 6) is 1.40. The summed E-state index contributed by atoms with van der Waals surface area (Å²) in [6.45, 7) is 0. The van der Waals surface area contributed by atoms with Gasteiger partial charge in [-0.2, -0.15) is 0 Å². The molecule has 3 rings (SSSR count). The molecule has 0 saturated heterocycles. The SMILES string of the molecule is COc1cc(OC)c(OC)cc1C=C1N=C(c2cccs2)OC1=O. The van der Waals surface area contributed by atoms with Crippen LogP contribution in [0.2, 0.25) is 0 Å². The van der Waals surface area contributed by atoms with Crippen molar-refractivity contribution in [1.29, 1.82) is 0 Å². The molecule has 124 valence electrons. The lowest BCUT2D eigenvalue weighted by atomic mass is 10.1. The predicted molar refractivity (Wildman–Crippen MR) is 91.0 cm³/mol. The van der Waals surface area contributed by atoms with Gasteiger partial charge in [0.05, 0.1) is 26.2 Å². The Kier molecular flexibility index (Phi) is 4.52. The van der Waals surface area contributed by atoms with Crippen LogP contribution in [-0.4, -0.2) is 33.2 Å². The molecule has 2 aromatic rings. The quantitative estimate of drug-likeness (QED) is 0.615. The summed E-state index contributed by atoms with van der Waals surface area (Å²) in [7, 11) is 4.62. The van der Waals surface area contributed by atoms with Crippen LogP contribution in [-0.2, 0) is 9.53 Å². The lowest BCUT2D eigenvalue weighted by molar-refractivity contribution is -0.129. The Morgan fingerprint density at radius 1 is 1.08 bits per heavy atom.